The maximum Gasteiger partial charge on any atom is 0.408 e. The van der Waals surface area contributed by atoms with Crippen LogP contribution >= 0.6 is 0 Å². The molecule has 0 fully saturated rings. The molecule has 0 bridgehead atoms. The molecule has 0 radical (unpaired) electrons. The van der Waals surface area contributed by atoms with Crippen LogP contribution in [0.1, 0.15) is 33.3 Å². The summed E-state index contributed by atoms with van der Waals surface area (Å²) in [6.07, 6.45) is 5.55. The van der Waals surface area contributed by atoms with Crippen molar-refractivity contribution in [1.82, 2.24) is 10.2 Å². The average molecular weight is 340 g/mol. The lowest BCUT2D eigenvalue weighted by atomic mass is 10.00. The molecular weight excluding hydrogens is 316 g/mol. The highest BCUT2D eigenvalue weighted by molar-refractivity contribution is 5.88. The zero-order valence-electron chi connectivity index (χ0n) is 15.0. The van der Waals surface area contributed by atoms with Crippen molar-refractivity contribution in [1.29, 1.82) is 0 Å². The zero-order chi connectivity index (χ0) is 18.2. The van der Waals surface area contributed by atoms with Crippen molar-refractivity contribution in [2.75, 3.05) is 0 Å². The maximum absolute atomic E-state index is 12.2. The molecule has 25 heavy (non-hydrogen) atoms. The lowest BCUT2D eigenvalue weighted by Gasteiger charge is -2.27. The Morgan fingerprint density at radius 3 is 2.40 bits per heavy atom. The van der Waals surface area contributed by atoms with E-state index in [1.807, 2.05) is 63.3 Å². The predicted molar refractivity (Wildman–Crippen MR) is 96.5 cm³/mol. The van der Waals surface area contributed by atoms with E-state index in [0.717, 1.165) is 11.3 Å². The van der Waals surface area contributed by atoms with Gasteiger partial charge in [-0.15, -0.1) is 0 Å². The molecule has 1 aromatic carbocycles. The van der Waals surface area contributed by atoms with Gasteiger partial charge in [-0.2, -0.15) is 0 Å². The highest BCUT2D eigenvalue weighted by Crippen LogP contribution is 2.39. The van der Waals surface area contributed by atoms with Gasteiger partial charge in [-0.05, 0) is 26.3 Å². The molecule has 5 nitrogen and oxygen atoms in total. The van der Waals surface area contributed by atoms with Crippen LogP contribution in [0.25, 0.3) is 5.70 Å². The standard InChI is InChI=1S/C20H24N2O3/c1-13(23)22-17-11-10-16(21-19(24)25-20(2,3)4)15(17)12-18(22)14-8-6-5-7-9-14/h5-12,15-17H,1-4H3,(H,21,24)/t15-,16+,17+/m1/s1. The van der Waals surface area contributed by atoms with E-state index in [4.69, 9.17) is 4.74 Å². The Hall–Kier alpha value is -2.56. The molecule has 0 spiro atoms. The van der Waals surface area contributed by atoms with Crippen molar-refractivity contribution >= 4 is 17.7 Å². The van der Waals surface area contributed by atoms with Gasteiger partial charge in [0.05, 0.1) is 12.1 Å². The molecule has 0 saturated carbocycles. The SMILES string of the molecule is CC(=O)N1C(c2ccccc2)=C[C@@H]2[C@@H](NC(=O)OC(C)(C)C)C=C[C@@H]21. The molecule has 0 unspecified atom stereocenters. The van der Waals surface area contributed by atoms with E-state index >= 15 is 0 Å². The number of fused-ring (bicyclic) bond motifs is 1. The third-order valence-electron chi connectivity index (χ3n) is 4.32. The number of nitrogens with zero attached hydrogens (tertiary/aromatic N) is 1. The van der Waals surface area contributed by atoms with Crippen molar-refractivity contribution < 1.29 is 14.3 Å². The second-order valence-electron chi connectivity index (χ2n) is 7.43. The van der Waals surface area contributed by atoms with Gasteiger partial charge in [0, 0.05) is 18.5 Å². The van der Waals surface area contributed by atoms with E-state index < -0.39 is 11.7 Å². The van der Waals surface area contributed by atoms with Crippen molar-refractivity contribution in [2.45, 2.75) is 45.4 Å². The first-order valence-corrected chi connectivity index (χ1v) is 8.51. The Morgan fingerprint density at radius 1 is 1.12 bits per heavy atom. The van der Waals surface area contributed by atoms with Gasteiger partial charge in [0.1, 0.15) is 5.60 Å². The van der Waals surface area contributed by atoms with Gasteiger partial charge >= 0.3 is 6.09 Å². The predicted octanol–water partition coefficient (Wildman–Crippen LogP) is 3.34. The molecule has 1 aromatic rings. The Labute approximate surface area is 148 Å². The smallest absolute Gasteiger partial charge is 0.408 e. The first-order valence-electron chi connectivity index (χ1n) is 8.51. The number of amides is 2. The molecule has 1 aliphatic heterocycles. The van der Waals surface area contributed by atoms with Crippen molar-refractivity contribution in [3.8, 4) is 0 Å². The van der Waals surface area contributed by atoms with E-state index in [1.165, 1.54) is 0 Å². The van der Waals surface area contributed by atoms with Crippen LogP contribution < -0.4 is 5.32 Å². The minimum absolute atomic E-state index is 0.00613. The van der Waals surface area contributed by atoms with Crippen LogP contribution in [0, 0.1) is 5.92 Å². The number of hydrogen-bond acceptors (Lipinski definition) is 3. The van der Waals surface area contributed by atoms with Gasteiger partial charge in [-0.3, -0.25) is 4.79 Å². The third-order valence-corrected chi connectivity index (χ3v) is 4.32. The van der Waals surface area contributed by atoms with E-state index in [9.17, 15) is 9.59 Å². The molecule has 3 rings (SSSR count). The number of benzene rings is 1. The minimum Gasteiger partial charge on any atom is -0.444 e. The highest BCUT2D eigenvalue weighted by Gasteiger charge is 2.43. The molecule has 132 valence electrons. The third kappa shape index (κ3) is 3.60. The van der Waals surface area contributed by atoms with E-state index in [1.54, 1.807) is 11.8 Å². The van der Waals surface area contributed by atoms with Crippen LogP contribution in [0.3, 0.4) is 0 Å². The lowest BCUT2D eigenvalue weighted by Crippen LogP contribution is -2.43. The number of carbonyl (C=O) groups is 2. The number of nitrogens with one attached hydrogen (secondary N) is 1. The lowest BCUT2D eigenvalue weighted by molar-refractivity contribution is -0.126. The van der Waals surface area contributed by atoms with Crippen LogP contribution in [0.5, 0.6) is 0 Å². The quantitative estimate of drug-likeness (QED) is 0.840. The summed E-state index contributed by atoms with van der Waals surface area (Å²) in [5.74, 6) is -0.00297. The van der Waals surface area contributed by atoms with Crippen molar-refractivity contribution in [3.63, 3.8) is 0 Å². The first-order chi connectivity index (χ1) is 11.8. The molecule has 2 aliphatic rings. The summed E-state index contributed by atoms with van der Waals surface area (Å²) in [5, 5.41) is 2.91. The number of rotatable bonds is 2. The Balaban J connectivity index is 1.82. The van der Waals surface area contributed by atoms with Gasteiger partial charge in [-0.1, -0.05) is 48.6 Å². The van der Waals surface area contributed by atoms with E-state index in [-0.39, 0.29) is 23.9 Å². The van der Waals surface area contributed by atoms with E-state index in [2.05, 4.69) is 11.4 Å². The molecule has 0 saturated heterocycles. The largest absolute Gasteiger partial charge is 0.444 e. The summed E-state index contributed by atoms with van der Waals surface area (Å²) < 4.78 is 5.35. The maximum atomic E-state index is 12.2. The van der Waals surface area contributed by atoms with Crippen molar-refractivity contribution in [2.24, 2.45) is 5.92 Å². The molecule has 1 heterocycles. The summed E-state index contributed by atoms with van der Waals surface area (Å²) in [6.45, 7) is 7.07. The molecular formula is C20H24N2O3. The molecule has 0 aromatic heterocycles. The fourth-order valence-electron chi connectivity index (χ4n) is 3.40. The number of hydrogen-bond donors (Lipinski definition) is 1. The number of alkyl carbamates (subject to hydrolysis) is 1. The normalized spacial score (nSPS) is 24.7. The van der Waals surface area contributed by atoms with Gasteiger partial charge in [0.15, 0.2) is 0 Å². The topological polar surface area (TPSA) is 58.6 Å². The molecule has 5 heteroatoms. The Bertz CT molecular complexity index is 731. The van der Waals surface area contributed by atoms with Crippen LogP contribution in [-0.2, 0) is 9.53 Å². The monoisotopic (exact) mass is 340 g/mol. The summed E-state index contributed by atoms with van der Waals surface area (Å²) in [5.41, 5.74) is 1.35. The van der Waals surface area contributed by atoms with Gasteiger partial charge in [0.25, 0.3) is 0 Å². The number of ether oxygens (including phenoxy) is 1. The van der Waals surface area contributed by atoms with Crippen LogP contribution in [-0.4, -0.2) is 34.6 Å². The Morgan fingerprint density at radius 2 is 1.80 bits per heavy atom. The summed E-state index contributed by atoms with van der Waals surface area (Å²) in [7, 11) is 0. The Kier molecular flexibility index (Phi) is 4.41. The second-order valence-corrected chi connectivity index (χ2v) is 7.43. The molecule has 1 N–H and O–H groups in total. The van der Waals surface area contributed by atoms with Gasteiger partial charge < -0.3 is 15.0 Å². The molecule has 3 atom stereocenters. The fourth-order valence-corrected chi connectivity index (χ4v) is 3.40. The minimum atomic E-state index is -0.544. The van der Waals surface area contributed by atoms with Gasteiger partial charge in [-0.25, -0.2) is 4.79 Å². The highest BCUT2D eigenvalue weighted by atomic mass is 16.6. The summed E-state index contributed by atoms with van der Waals surface area (Å²) in [6, 6.07) is 9.57. The molecule has 1 aliphatic carbocycles. The number of carbonyl (C=O) groups excluding carboxylic acids is 2. The summed E-state index contributed by atoms with van der Waals surface area (Å²) >= 11 is 0. The fraction of sp³-hybridized carbons (Fsp3) is 0.400. The van der Waals surface area contributed by atoms with Gasteiger partial charge in [0.2, 0.25) is 5.91 Å². The van der Waals surface area contributed by atoms with Crippen molar-refractivity contribution in [3.05, 3.63) is 54.1 Å². The first kappa shape index (κ1) is 17.3. The zero-order valence-corrected chi connectivity index (χ0v) is 15.0. The van der Waals surface area contributed by atoms with Crippen LogP contribution in [0.4, 0.5) is 4.79 Å². The molecule has 2 amide bonds. The second kappa shape index (κ2) is 6.39. The van der Waals surface area contributed by atoms with Crippen LogP contribution in [0.2, 0.25) is 0 Å². The average Bonchev–Trinajstić information content (AvgIpc) is 3.06. The summed E-state index contributed by atoms with van der Waals surface area (Å²) in [4.78, 5) is 26.1. The van der Waals surface area contributed by atoms with Crippen LogP contribution in [0.15, 0.2) is 48.6 Å². The van der Waals surface area contributed by atoms with E-state index in [0.29, 0.717) is 0 Å².